The van der Waals surface area contributed by atoms with Crippen LogP contribution >= 0.6 is 23.1 Å². The largest absolute Gasteiger partial charge is 0.477 e. The number of carboxylic acid groups (broad SMARTS) is 1. The number of carbonyl (C=O) groups is 2. The van der Waals surface area contributed by atoms with Gasteiger partial charge < -0.3 is 10.4 Å². The molecule has 2 rings (SSSR count). The van der Waals surface area contributed by atoms with Gasteiger partial charge in [0, 0.05) is 5.75 Å². The quantitative estimate of drug-likeness (QED) is 0.852. The van der Waals surface area contributed by atoms with Gasteiger partial charge in [0.1, 0.15) is 4.88 Å². The summed E-state index contributed by atoms with van der Waals surface area (Å²) in [6, 6.07) is 9.78. The number of hydrogen-bond donors (Lipinski definition) is 2. The van der Waals surface area contributed by atoms with Crippen molar-refractivity contribution in [2.45, 2.75) is 12.7 Å². The maximum absolute atomic E-state index is 11.8. The number of amides is 1. The van der Waals surface area contributed by atoms with Crippen LogP contribution in [0.2, 0.25) is 0 Å². The number of nitrogens with one attached hydrogen (secondary N) is 1. The maximum Gasteiger partial charge on any atom is 0.348 e. The van der Waals surface area contributed by atoms with E-state index < -0.39 is 5.97 Å². The molecule has 2 N–H and O–H groups in total. The number of thiophene rings is 1. The molecule has 0 unspecified atom stereocenters. The van der Waals surface area contributed by atoms with Crippen molar-refractivity contribution in [1.82, 2.24) is 0 Å². The van der Waals surface area contributed by atoms with Gasteiger partial charge >= 0.3 is 5.97 Å². The Morgan fingerprint density at radius 1 is 1.24 bits per heavy atom. The molecule has 0 saturated heterocycles. The lowest BCUT2D eigenvalue weighted by Crippen LogP contribution is -2.15. The van der Waals surface area contributed by atoms with Crippen molar-refractivity contribution in [1.29, 1.82) is 0 Å². The van der Waals surface area contributed by atoms with E-state index in [4.69, 9.17) is 5.11 Å². The summed E-state index contributed by atoms with van der Waals surface area (Å²) in [4.78, 5) is 22.9. The Balaban J connectivity index is 1.81. The third kappa shape index (κ3) is 4.61. The lowest BCUT2D eigenvalue weighted by molar-refractivity contribution is -0.113. The molecule has 0 aliphatic heterocycles. The zero-order chi connectivity index (χ0) is 15.2. The predicted molar refractivity (Wildman–Crippen MR) is 87.2 cm³/mol. The lowest BCUT2D eigenvalue weighted by atomic mass is 10.2. The molecule has 1 aromatic carbocycles. The normalized spacial score (nSPS) is 10.3. The second kappa shape index (κ2) is 7.28. The third-order valence-electron chi connectivity index (χ3n) is 2.76. The first-order valence-corrected chi connectivity index (χ1v) is 8.33. The van der Waals surface area contributed by atoms with Gasteiger partial charge in [0.05, 0.1) is 11.4 Å². The Morgan fingerprint density at radius 3 is 2.62 bits per heavy atom. The van der Waals surface area contributed by atoms with Crippen LogP contribution in [0.15, 0.2) is 35.7 Å². The number of hydrogen-bond acceptors (Lipinski definition) is 4. The molecule has 0 aliphatic carbocycles. The van der Waals surface area contributed by atoms with Gasteiger partial charge in [-0.05, 0) is 23.9 Å². The zero-order valence-electron chi connectivity index (χ0n) is 11.5. The van der Waals surface area contributed by atoms with Crippen molar-refractivity contribution >= 4 is 40.7 Å². The molecule has 110 valence electrons. The van der Waals surface area contributed by atoms with Gasteiger partial charge in [-0.15, -0.1) is 23.1 Å². The van der Waals surface area contributed by atoms with E-state index in [0.29, 0.717) is 11.4 Å². The first-order chi connectivity index (χ1) is 10.1. The number of aryl methyl sites for hydroxylation is 1. The average Bonchev–Trinajstić information content (AvgIpc) is 2.89. The highest BCUT2D eigenvalue weighted by molar-refractivity contribution is 7.99. The van der Waals surface area contributed by atoms with Crippen LogP contribution in [0, 0.1) is 6.92 Å². The number of rotatable bonds is 6. The van der Waals surface area contributed by atoms with Crippen LogP contribution in [-0.2, 0) is 10.5 Å². The van der Waals surface area contributed by atoms with Crippen LogP contribution in [0.4, 0.5) is 5.69 Å². The molecule has 1 heterocycles. The van der Waals surface area contributed by atoms with Crippen molar-refractivity contribution in [3.8, 4) is 0 Å². The number of carbonyl (C=O) groups excluding carboxylic acids is 1. The van der Waals surface area contributed by atoms with Crippen molar-refractivity contribution in [3.05, 3.63) is 51.7 Å². The van der Waals surface area contributed by atoms with Crippen LogP contribution < -0.4 is 5.32 Å². The zero-order valence-corrected chi connectivity index (χ0v) is 13.1. The minimum atomic E-state index is -1.02. The first kappa shape index (κ1) is 15.6. The molecule has 0 fully saturated rings. The number of thioether (sulfide) groups is 1. The highest BCUT2D eigenvalue weighted by Gasteiger charge is 2.13. The Kier molecular flexibility index (Phi) is 5.41. The van der Waals surface area contributed by atoms with Gasteiger partial charge in [0.15, 0.2) is 0 Å². The maximum atomic E-state index is 11.8. The molecule has 0 saturated carbocycles. The number of anilines is 1. The first-order valence-electron chi connectivity index (χ1n) is 6.30. The molecule has 1 amide bonds. The molecule has 21 heavy (non-hydrogen) atoms. The van der Waals surface area contributed by atoms with Crippen molar-refractivity contribution < 1.29 is 14.7 Å². The minimum Gasteiger partial charge on any atom is -0.477 e. The van der Waals surface area contributed by atoms with Crippen molar-refractivity contribution in [2.24, 2.45) is 0 Å². The summed E-state index contributed by atoms with van der Waals surface area (Å²) in [5.41, 5.74) is 2.74. The number of aromatic carboxylic acids is 1. The smallest absolute Gasteiger partial charge is 0.348 e. The summed E-state index contributed by atoms with van der Waals surface area (Å²) in [7, 11) is 0. The van der Waals surface area contributed by atoms with E-state index >= 15 is 0 Å². The van der Waals surface area contributed by atoms with Gasteiger partial charge in [-0.25, -0.2) is 4.79 Å². The van der Waals surface area contributed by atoms with E-state index in [1.165, 1.54) is 22.9 Å². The summed E-state index contributed by atoms with van der Waals surface area (Å²) in [5.74, 6) is -0.160. The van der Waals surface area contributed by atoms with Gasteiger partial charge in [-0.1, -0.05) is 29.8 Å². The molecule has 4 nitrogen and oxygen atoms in total. The SMILES string of the molecule is Cc1ccc(CSCC(=O)Nc2ccsc2C(=O)O)cc1. The van der Waals surface area contributed by atoms with Gasteiger partial charge in [-0.2, -0.15) is 0 Å². The molecule has 0 bridgehead atoms. The average molecular weight is 321 g/mol. The van der Waals surface area contributed by atoms with Crippen LogP contribution in [-0.4, -0.2) is 22.7 Å². The lowest BCUT2D eigenvalue weighted by Gasteiger charge is -2.05. The third-order valence-corrected chi connectivity index (χ3v) is 4.66. The molecule has 0 atom stereocenters. The Bertz CT molecular complexity index is 635. The van der Waals surface area contributed by atoms with Crippen molar-refractivity contribution in [3.63, 3.8) is 0 Å². The summed E-state index contributed by atoms with van der Waals surface area (Å²) in [5, 5.41) is 13.3. The summed E-state index contributed by atoms with van der Waals surface area (Å²) in [6.45, 7) is 2.03. The fourth-order valence-electron chi connectivity index (χ4n) is 1.71. The summed E-state index contributed by atoms with van der Waals surface area (Å²) < 4.78 is 0. The Hall–Kier alpha value is -1.79. The number of carboxylic acids is 1. The molecule has 6 heteroatoms. The second-order valence-corrected chi connectivity index (χ2v) is 6.40. The second-order valence-electron chi connectivity index (χ2n) is 4.50. The standard InChI is InChI=1S/C15H15NO3S2/c1-10-2-4-11(5-3-10)8-20-9-13(17)16-12-6-7-21-14(12)15(18)19/h2-7H,8-9H2,1H3,(H,16,17)(H,18,19). The predicted octanol–water partition coefficient (Wildman–Crippen LogP) is 3.63. The number of benzene rings is 1. The van der Waals surface area contributed by atoms with Crippen LogP contribution in [0.5, 0.6) is 0 Å². The van der Waals surface area contributed by atoms with E-state index in [1.54, 1.807) is 11.4 Å². The summed E-state index contributed by atoms with van der Waals surface area (Å²) >= 11 is 2.60. The topological polar surface area (TPSA) is 66.4 Å². The van der Waals surface area contributed by atoms with Crippen LogP contribution in [0.25, 0.3) is 0 Å². The fourth-order valence-corrected chi connectivity index (χ4v) is 3.18. The van der Waals surface area contributed by atoms with E-state index in [1.807, 2.05) is 31.2 Å². The molecular weight excluding hydrogens is 306 g/mol. The highest BCUT2D eigenvalue weighted by atomic mass is 32.2. The van der Waals surface area contributed by atoms with E-state index in [-0.39, 0.29) is 10.8 Å². The van der Waals surface area contributed by atoms with E-state index in [2.05, 4.69) is 5.32 Å². The Morgan fingerprint density at radius 2 is 1.95 bits per heavy atom. The van der Waals surface area contributed by atoms with Gasteiger partial charge in [-0.3, -0.25) is 4.79 Å². The van der Waals surface area contributed by atoms with Gasteiger partial charge in [0.25, 0.3) is 0 Å². The molecule has 2 aromatic rings. The molecular formula is C15H15NO3S2. The molecule has 0 aliphatic rings. The van der Waals surface area contributed by atoms with Crippen molar-refractivity contribution in [2.75, 3.05) is 11.1 Å². The van der Waals surface area contributed by atoms with Crippen LogP contribution in [0.1, 0.15) is 20.8 Å². The monoisotopic (exact) mass is 321 g/mol. The Labute approximate surface area is 131 Å². The van der Waals surface area contributed by atoms with E-state index in [9.17, 15) is 9.59 Å². The molecule has 0 radical (unpaired) electrons. The van der Waals surface area contributed by atoms with E-state index in [0.717, 1.165) is 17.1 Å². The minimum absolute atomic E-state index is 0.159. The molecule has 1 aromatic heterocycles. The van der Waals surface area contributed by atoms with Gasteiger partial charge in [0.2, 0.25) is 5.91 Å². The summed E-state index contributed by atoms with van der Waals surface area (Å²) in [6.07, 6.45) is 0. The molecule has 0 spiro atoms. The highest BCUT2D eigenvalue weighted by Crippen LogP contribution is 2.22. The van der Waals surface area contributed by atoms with Crippen LogP contribution in [0.3, 0.4) is 0 Å². The fraction of sp³-hybridized carbons (Fsp3) is 0.200.